The largest absolute Gasteiger partial charge is 0.359 e. The fourth-order valence-corrected chi connectivity index (χ4v) is 1.12. The summed E-state index contributed by atoms with van der Waals surface area (Å²) in [6.07, 6.45) is 0.334. The highest BCUT2D eigenvalue weighted by atomic mass is 35.5. The van der Waals surface area contributed by atoms with Crippen LogP contribution in [0.15, 0.2) is 30.3 Å². The molecule has 1 aromatic carbocycles. The Hall–Kier alpha value is -1.06. The fourth-order valence-electron chi connectivity index (χ4n) is 1.12. The number of rotatable bonds is 3. The third-order valence-corrected chi connectivity index (χ3v) is 1.91. The molecule has 1 unspecified atom stereocenters. The van der Waals surface area contributed by atoms with Crippen LogP contribution in [-0.4, -0.2) is 13.0 Å². The molecule has 0 aliphatic heterocycles. The summed E-state index contributed by atoms with van der Waals surface area (Å²) in [6.45, 7) is 0. The normalized spacial score (nSPS) is 11.3. The zero-order chi connectivity index (χ0) is 9.68. The highest BCUT2D eigenvalue weighted by molar-refractivity contribution is 5.85. The maximum atomic E-state index is 11.0. The van der Waals surface area contributed by atoms with Gasteiger partial charge in [0.1, 0.15) is 0 Å². The van der Waals surface area contributed by atoms with Gasteiger partial charge in [0.15, 0.2) is 0 Å². The Bertz CT molecular complexity index is 277. The molecule has 0 radical (unpaired) electrons. The van der Waals surface area contributed by atoms with Crippen molar-refractivity contribution in [1.29, 1.82) is 0 Å². The van der Waals surface area contributed by atoms with Crippen LogP contribution < -0.4 is 11.1 Å². The maximum absolute atomic E-state index is 11.0. The highest BCUT2D eigenvalue weighted by Gasteiger charge is 2.09. The van der Waals surface area contributed by atoms with Crippen molar-refractivity contribution >= 4 is 18.3 Å². The Morgan fingerprint density at radius 3 is 2.50 bits per heavy atom. The zero-order valence-corrected chi connectivity index (χ0v) is 8.88. The van der Waals surface area contributed by atoms with Crippen LogP contribution in [0.25, 0.3) is 0 Å². The summed E-state index contributed by atoms with van der Waals surface area (Å²) in [5.41, 5.74) is 6.80. The topological polar surface area (TPSA) is 55.1 Å². The van der Waals surface area contributed by atoms with Crippen LogP contribution in [-0.2, 0) is 4.79 Å². The minimum Gasteiger partial charge on any atom is -0.359 e. The number of nitrogens with two attached hydrogens (primary N) is 1. The minimum absolute atomic E-state index is 0. The monoisotopic (exact) mass is 214 g/mol. The highest BCUT2D eigenvalue weighted by Crippen LogP contribution is 2.12. The Morgan fingerprint density at radius 2 is 2.00 bits per heavy atom. The third kappa shape index (κ3) is 3.77. The van der Waals surface area contributed by atoms with Crippen LogP contribution in [0.2, 0.25) is 0 Å². The molecule has 78 valence electrons. The number of amides is 1. The fraction of sp³-hybridized carbons (Fsp3) is 0.300. The van der Waals surface area contributed by atoms with Crippen molar-refractivity contribution in [1.82, 2.24) is 5.32 Å². The first-order valence-corrected chi connectivity index (χ1v) is 4.25. The van der Waals surface area contributed by atoms with Crippen molar-refractivity contribution in [3.63, 3.8) is 0 Å². The van der Waals surface area contributed by atoms with Crippen molar-refractivity contribution in [2.75, 3.05) is 7.05 Å². The van der Waals surface area contributed by atoms with Gasteiger partial charge in [-0.2, -0.15) is 0 Å². The average molecular weight is 215 g/mol. The van der Waals surface area contributed by atoms with Crippen LogP contribution >= 0.6 is 12.4 Å². The molecule has 1 aromatic rings. The van der Waals surface area contributed by atoms with E-state index in [2.05, 4.69) is 5.32 Å². The quantitative estimate of drug-likeness (QED) is 0.796. The van der Waals surface area contributed by atoms with Gasteiger partial charge in [-0.05, 0) is 5.56 Å². The second kappa shape index (κ2) is 6.40. The summed E-state index contributed by atoms with van der Waals surface area (Å²) < 4.78 is 0. The third-order valence-electron chi connectivity index (χ3n) is 1.91. The first kappa shape index (κ1) is 12.9. The summed E-state index contributed by atoms with van der Waals surface area (Å²) in [5, 5.41) is 2.55. The molecule has 14 heavy (non-hydrogen) atoms. The SMILES string of the molecule is CNC(=O)CC(N)c1ccccc1.Cl. The van der Waals surface area contributed by atoms with Gasteiger partial charge in [0, 0.05) is 19.5 Å². The predicted molar refractivity (Wildman–Crippen MR) is 59.3 cm³/mol. The van der Waals surface area contributed by atoms with E-state index in [4.69, 9.17) is 5.73 Å². The van der Waals surface area contributed by atoms with Crippen molar-refractivity contribution in [2.45, 2.75) is 12.5 Å². The summed E-state index contributed by atoms with van der Waals surface area (Å²) >= 11 is 0. The molecule has 0 fully saturated rings. The molecule has 1 atom stereocenters. The minimum atomic E-state index is -0.207. The maximum Gasteiger partial charge on any atom is 0.221 e. The number of hydrogen-bond donors (Lipinski definition) is 2. The van der Waals surface area contributed by atoms with Gasteiger partial charge in [0.05, 0.1) is 0 Å². The van der Waals surface area contributed by atoms with Crippen LogP contribution in [0.5, 0.6) is 0 Å². The molecule has 3 N–H and O–H groups in total. The van der Waals surface area contributed by atoms with Crippen LogP contribution in [0.1, 0.15) is 18.0 Å². The van der Waals surface area contributed by atoms with Crippen LogP contribution in [0.3, 0.4) is 0 Å². The number of carbonyl (C=O) groups excluding carboxylic acids is 1. The molecule has 0 saturated heterocycles. The van der Waals surface area contributed by atoms with Gasteiger partial charge in [-0.15, -0.1) is 12.4 Å². The first-order valence-electron chi connectivity index (χ1n) is 4.25. The van der Waals surface area contributed by atoms with E-state index in [-0.39, 0.29) is 24.4 Å². The van der Waals surface area contributed by atoms with E-state index < -0.39 is 0 Å². The van der Waals surface area contributed by atoms with Crippen LogP contribution in [0.4, 0.5) is 0 Å². The molecule has 4 heteroatoms. The summed E-state index contributed by atoms with van der Waals surface area (Å²) in [7, 11) is 1.61. The molecule has 3 nitrogen and oxygen atoms in total. The van der Waals surface area contributed by atoms with Crippen LogP contribution in [0, 0.1) is 0 Å². The predicted octanol–water partition coefficient (Wildman–Crippen LogP) is 1.24. The van der Waals surface area contributed by atoms with Crippen molar-refractivity contribution in [3.8, 4) is 0 Å². The molecular weight excluding hydrogens is 200 g/mol. The molecule has 0 aromatic heterocycles. The van der Waals surface area contributed by atoms with Gasteiger partial charge in [0.25, 0.3) is 0 Å². The van der Waals surface area contributed by atoms with Gasteiger partial charge in [-0.3, -0.25) is 4.79 Å². The van der Waals surface area contributed by atoms with E-state index in [0.29, 0.717) is 6.42 Å². The second-order valence-electron chi connectivity index (χ2n) is 2.89. The molecule has 0 bridgehead atoms. The van der Waals surface area contributed by atoms with Gasteiger partial charge >= 0.3 is 0 Å². The number of benzene rings is 1. The van der Waals surface area contributed by atoms with E-state index in [9.17, 15) is 4.79 Å². The van der Waals surface area contributed by atoms with Crippen molar-refractivity contribution in [2.24, 2.45) is 5.73 Å². The molecule has 0 spiro atoms. The molecular formula is C10H15ClN2O. The van der Waals surface area contributed by atoms with Gasteiger partial charge < -0.3 is 11.1 Å². The number of halogens is 1. The average Bonchev–Trinajstić information content (AvgIpc) is 2.19. The van der Waals surface area contributed by atoms with Gasteiger partial charge in [-0.25, -0.2) is 0 Å². The first-order chi connectivity index (χ1) is 6.24. The Balaban J connectivity index is 0.00000169. The Labute approximate surface area is 90.1 Å². The van der Waals surface area contributed by atoms with E-state index in [1.54, 1.807) is 7.05 Å². The molecule has 0 saturated carbocycles. The summed E-state index contributed by atoms with van der Waals surface area (Å²) in [6, 6.07) is 9.40. The molecule has 0 aliphatic carbocycles. The molecule has 0 aliphatic rings. The number of nitrogens with one attached hydrogen (secondary N) is 1. The lowest BCUT2D eigenvalue weighted by atomic mass is 10.0. The number of carbonyl (C=O) groups is 1. The smallest absolute Gasteiger partial charge is 0.221 e. The van der Waals surface area contributed by atoms with E-state index in [1.807, 2.05) is 30.3 Å². The van der Waals surface area contributed by atoms with E-state index in [1.165, 1.54) is 0 Å². The molecule has 1 rings (SSSR count). The summed E-state index contributed by atoms with van der Waals surface area (Å²) in [5.74, 6) is -0.0312. The number of hydrogen-bond acceptors (Lipinski definition) is 2. The second-order valence-corrected chi connectivity index (χ2v) is 2.89. The molecule has 0 heterocycles. The van der Waals surface area contributed by atoms with Gasteiger partial charge in [0.2, 0.25) is 5.91 Å². The lowest BCUT2D eigenvalue weighted by Crippen LogP contribution is -2.24. The van der Waals surface area contributed by atoms with E-state index in [0.717, 1.165) is 5.56 Å². The summed E-state index contributed by atoms with van der Waals surface area (Å²) in [4.78, 5) is 11.0. The Kier molecular flexibility index (Phi) is 5.92. The van der Waals surface area contributed by atoms with Crippen molar-refractivity contribution in [3.05, 3.63) is 35.9 Å². The van der Waals surface area contributed by atoms with Crippen molar-refractivity contribution < 1.29 is 4.79 Å². The molecule has 1 amide bonds. The lowest BCUT2D eigenvalue weighted by molar-refractivity contribution is -0.120. The standard InChI is InChI=1S/C10H14N2O.ClH/c1-12-10(13)7-9(11)8-5-3-2-4-6-8;/h2-6,9H,7,11H2,1H3,(H,12,13);1H. The van der Waals surface area contributed by atoms with E-state index >= 15 is 0 Å². The Morgan fingerprint density at radius 1 is 1.43 bits per heavy atom. The lowest BCUT2D eigenvalue weighted by Gasteiger charge is -2.10. The van der Waals surface area contributed by atoms with Gasteiger partial charge in [-0.1, -0.05) is 30.3 Å². The zero-order valence-electron chi connectivity index (χ0n) is 8.07.